The Labute approximate surface area is 180 Å². The lowest BCUT2D eigenvalue weighted by molar-refractivity contribution is -0.143. The monoisotopic (exact) mass is 418 g/mol. The number of carboxylic acid groups (broad SMARTS) is 1. The molecule has 0 saturated carbocycles. The number of allylic oxidation sites excluding steroid dienone is 3. The maximum absolute atomic E-state index is 11.8. The summed E-state index contributed by atoms with van der Waals surface area (Å²) in [5.74, 6) is 1.95. The van der Waals surface area contributed by atoms with E-state index < -0.39 is 17.4 Å². The van der Waals surface area contributed by atoms with Gasteiger partial charge < -0.3 is 25.2 Å². The number of rotatable bonds is 7. The quantitative estimate of drug-likeness (QED) is 0.652. The Kier molecular flexibility index (Phi) is 6.56. The molecular formula is C24H38N2O4. The number of carbonyl (C=O) groups is 1. The van der Waals surface area contributed by atoms with Crippen LogP contribution in [0.5, 0.6) is 0 Å². The van der Waals surface area contributed by atoms with E-state index in [1.165, 1.54) is 16.8 Å². The van der Waals surface area contributed by atoms with Crippen LogP contribution in [0.25, 0.3) is 0 Å². The van der Waals surface area contributed by atoms with Gasteiger partial charge in [-0.2, -0.15) is 0 Å². The van der Waals surface area contributed by atoms with Gasteiger partial charge in [0.05, 0.1) is 14.2 Å². The van der Waals surface area contributed by atoms with Gasteiger partial charge in [0.2, 0.25) is 0 Å². The second-order valence-electron chi connectivity index (χ2n) is 10.0. The number of nitrogens with zero attached hydrogens (tertiary/aromatic N) is 1. The van der Waals surface area contributed by atoms with Gasteiger partial charge >= 0.3 is 5.97 Å². The van der Waals surface area contributed by atoms with Crippen molar-refractivity contribution >= 4 is 5.97 Å². The summed E-state index contributed by atoms with van der Waals surface area (Å²) in [6.07, 6.45) is 5.78. The summed E-state index contributed by atoms with van der Waals surface area (Å²) in [6.45, 7) is 10.5. The number of ether oxygens (including phenoxy) is 2. The molecule has 0 bridgehead atoms. The molecule has 6 nitrogen and oxygen atoms in total. The molecular weight excluding hydrogens is 380 g/mol. The van der Waals surface area contributed by atoms with E-state index in [9.17, 15) is 9.90 Å². The maximum atomic E-state index is 11.8. The topological polar surface area (TPSA) is 85.0 Å². The molecule has 0 aromatic heterocycles. The Morgan fingerprint density at radius 1 is 1.33 bits per heavy atom. The summed E-state index contributed by atoms with van der Waals surface area (Å²) in [7, 11) is 3.37. The van der Waals surface area contributed by atoms with Gasteiger partial charge in [-0.25, -0.2) is 0 Å². The second kappa shape index (κ2) is 8.66. The molecule has 3 N–H and O–H groups in total. The van der Waals surface area contributed by atoms with Gasteiger partial charge in [0, 0.05) is 25.2 Å². The van der Waals surface area contributed by atoms with E-state index in [0.717, 1.165) is 50.3 Å². The Bertz CT molecular complexity index is 778. The van der Waals surface area contributed by atoms with E-state index in [1.54, 1.807) is 14.2 Å². The summed E-state index contributed by atoms with van der Waals surface area (Å²) in [6, 6.07) is -0.881. The maximum Gasteiger partial charge on any atom is 0.321 e. The van der Waals surface area contributed by atoms with E-state index >= 15 is 0 Å². The van der Waals surface area contributed by atoms with Crippen molar-refractivity contribution in [3.63, 3.8) is 0 Å². The van der Waals surface area contributed by atoms with Gasteiger partial charge in [0.25, 0.3) is 0 Å². The lowest BCUT2D eigenvalue weighted by atomic mass is 9.62. The Hall–Kier alpha value is -1.95. The molecule has 2 heterocycles. The van der Waals surface area contributed by atoms with E-state index in [0.29, 0.717) is 11.8 Å². The minimum Gasteiger partial charge on any atom is -0.497 e. The molecule has 6 heteroatoms. The summed E-state index contributed by atoms with van der Waals surface area (Å²) >= 11 is 0. The van der Waals surface area contributed by atoms with Gasteiger partial charge in [-0.15, -0.1) is 0 Å². The number of piperidine rings is 1. The number of hydrogen-bond donors (Lipinski definition) is 2. The van der Waals surface area contributed by atoms with Crippen molar-refractivity contribution in [3.8, 4) is 0 Å². The smallest absolute Gasteiger partial charge is 0.321 e. The average molecular weight is 419 g/mol. The van der Waals surface area contributed by atoms with Crippen LogP contribution in [0.1, 0.15) is 53.4 Å². The lowest BCUT2D eigenvalue weighted by Crippen LogP contribution is -2.54. The molecule has 3 atom stereocenters. The van der Waals surface area contributed by atoms with Gasteiger partial charge in [0.1, 0.15) is 11.8 Å². The SMILES string of the molecule is COC1=C(OC)CC2=C3CC(C(C)(C)[C@@H](N)C(=O)O)C(CC(C)C)CN3CCC2=C1. The van der Waals surface area contributed by atoms with E-state index in [4.69, 9.17) is 15.2 Å². The third kappa shape index (κ3) is 4.11. The number of methoxy groups -OCH3 is 2. The normalized spacial score (nSPS) is 25.6. The first-order chi connectivity index (χ1) is 14.1. The predicted molar refractivity (Wildman–Crippen MR) is 117 cm³/mol. The number of carboxylic acids is 1. The van der Waals surface area contributed by atoms with Crippen molar-refractivity contribution in [1.29, 1.82) is 0 Å². The van der Waals surface area contributed by atoms with Crippen molar-refractivity contribution in [2.75, 3.05) is 27.3 Å². The highest BCUT2D eigenvalue weighted by Gasteiger charge is 2.47. The molecule has 0 amide bonds. The van der Waals surface area contributed by atoms with E-state index in [-0.39, 0.29) is 5.92 Å². The first kappa shape index (κ1) is 22.7. The molecule has 0 aromatic rings. The molecule has 1 aliphatic carbocycles. The molecule has 0 spiro atoms. The molecule has 0 radical (unpaired) electrons. The molecule has 168 valence electrons. The Morgan fingerprint density at radius 3 is 2.60 bits per heavy atom. The van der Waals surface area contributed by atoms with Crippen LogP contribution in [0, 0.1) is 23.2 Å². The van der Waals surface area contributed by atoms with Gasteiger partial charge in [0.15, 0.2) is 5.76 Å². The first-order valence-corrected chi connectivity index (χ1v) is 11.1. The Morgan fingerprint density at radius 2 is 2.03 bits per heavy atom. The third-order valence-electron chi connectivity index (χ3n) is 7.39. The Balaban J connectivity index is 2.01. The predicted octanol–water partition coefficient (Wildman–Crippen LogP) is 3.90. The average Bonchev–Trinajstić information content (AvgIpc) is 2.70. The summed E-state index contributed by atoms with van der Waals surface area (Å²) in [5.41, 5.74) is 9.70. The summed E-state index contributed by atoms with van der Waals surface area (Å²) in [5, 5.41) is 9.67. The zero-order chi connectivity index (χ0) is 22.2. The summed E-state index contributed by atoms with van der Waals surface area (Å²) in [4.78, 5) is 14.3. The van der Waals surface area contributed by atoms with Gasteiger partial charge in [-0.3, -0.25) is 4.79 Å². The zero-order valence-corrected chi connectivity index (χ0v) is 19.3. The highest BCUT2D eigenvalue weighted by atomic mass is 16.5. The molecule has 3 rings (SSSR count). The largest absolute Gasteiger partial charge is 0.497 e. The zero-order valence-electron chi connectivity index (χ0n) is 19.3. The minimum absolute atomic E-state index is 0.211. The fourth-order valence-electron chi connectivity index (χ4n) is 5.63. The molecule has 30 heavy (non-hydrogen) atoms. The fraction of sp³-hybridized carbons (Fsp3) is 0.708. The molecule has 1 saturated heterocycles. The van der Waals surface area contributed by atoms with Crippen LogP contribution in [0.4, 0.5) is 0 Å². The van der Waals surface area contributed by atoms with Crippen LogP contribution in [0.2, 0.25) is 0 Å². The van der Waals surface area contributed by atoms with Crippen molar-refractivity contribution < 1.29 is 19.4 Å². The molecule has 1 fully saturated rings. The van der Waals surface area contributed by atoms with Crippen molar-refractivity contribution in [2.24, 2.45) is 28.9 Å². The third-order valence-corrected chi connectivity index (χ3v) is 7.39. The number of hydrogen-bond acceptors (Lipinski definition) is 5. The van der Waals surface area contributed by atoms with Crippen LogP contribution < -0.4 is 5.73 Å². The van der Waals surface area contributed by atoms with Crippen molar-refractivity contribution in [3.05, 3.63) is 34.4 Å². The minimum atomic E-state index is -0.917. The van der Waals surface area contributed by atoms with Crippen LogP contribution in [-0.4, -0.2) is 49.3 Å². The number of aliphatic carboxylic acids is 1. The molecule has 2 aliphatic heterocycles. The van der Waals surface area contributed by atoms with E-state index in [2.05, 4.69) is 24.8 Å². The standard InChI is InChI=1S/C24H38N2O4/c1-14(2)9-16-13-26-8-7-15-10-20(29-5)21(30-6)11-17(15)19(26)12-18(16)24(3,4)22(25)23(27)28/h10,14,16,18,22H,7-9,11-13,25H2,1-6H3,(H,27,28)/t16?,18?,22-/m0/s1. The molecule has 3 aliphatic rings. The van der Waals surface area contributed by atoms with Crippen LogP contribution in [-0.2, 0) is 14.3 Å². The number of nitrogens with two attached hydrogens (primary N) is 1. The first-order valence-electron chi connectivity index (χ1n) is 11.1. The van der Waals surface area contributed by atoms with Gasteiger partial charge in [-0.05, 0) is 59.7 Å². The van der Waals surface area contributed by atoms with E-state index in [1.807, 2.05) is 13.8 Å². The highest BCUT2D eigenvalue weighted by molar-refractivity contribution is 5.74. The highest BCUT2D eigenvalue weighted by Crippen LogP contribution is 2.49. The summed E-state index contributed by atoms with van der Waals surface area (Å²) < 4.78 is 11.2. The van der Waals surface area contributed by atoms with Crippen molar-refractivity contribution in [2.45, 2.75) is 59.4 Å². The van der Waals surface area contributed by atoms with Crippen LogP contribution >= 0.6 is 0 Å². The van der Waals surface area contributed by atoms with Crippen molar-refractivity contribution in [1.82, 2.24) is 4.90 Å². The van der Waals surface area contributed by atoms with Gasteiger partial charge in [-0.1, -0.05) is 27.7 Å². The number of fused-ring (bicyclic) bond motifs is 2. The molecule has 2 unspecified atom stereocenters. The fourth-order valence-corrected chi connectivity index (χ4v) is 5.63. The molecule has 0 aromatic carbocycles. The lowest BCUT2D eigenvalue weighted by Gasteiger charge is -2.51. The second-order valence-corrected chi connectivity index (χ2v) is 10.0. The van der Waals surface area contributed by atoms with Crippen LogP contribution in [0.3, 0.4) is 0 Å². The van der Waals surface area contributed by atoms with Crippen LogP contribution in [0.15, 0.2) is 34.4 Å².